The van der Waals surface area contributed by atoms with Crippen LogP contribution in [-0.2, 0) is 16.0 Å². The van der Waals surface area contributed by atoms with Crippen molar-refractivity contribution in [2.24, 2.45) is 23.2 Å². The Kier molecular flexibility index (Phi) is 6.17. The zero-order valence-corrected chi connectivity index (χ0v) is 19.5. The first-order chi connectivity index (χ1) is 16.1. The van der Waals surface area contributed by atoms with E-state index in [4.69, 9.17) is 0 Å². The minimum Gasteiger partial charge on any atom is -0.356 e. The van der Waals surface area contributed by atoms with Crippen molar-refractivity contribution < 1.29 is 9.59 Å². The lowest BCUT2D eigenvalue weighted by atomic mass is 9.73. The molecule has 2 amide bonds. The molecule has 1 N–H and O–H groups in total. The second kappa shape index (κ2) is 9.24. The molecule has 3 atom stereocenters. The number of rotatable bonds is 6. The molecule has 2 heterocycles. The molecule has 33 heavy (non-hydrogen) atoms. The van der Waals surface area contributed by atoms with Gasteiger partial charge in [0.2, 0.25) is 11.8 Å². The molecule has 2 aliphatic carbocycles. The fraction of sp³-hybridized carbons (Fsp3) is 0.556. The van der Waals surface area contributed by atoms with Crippen LogP contribution in [0.15, 0.2) is 43.0 Å². The second-order valence-electron chi connectivity index (χ2n) is 10.1. The number of benzene rings is 1. The Hall–Kier alpha value is -2.76. The Bertz CT molecular complexity index is 998. The van der Waals surface area contributed by atoms with E-state index >= 15 is 0 Å². The quantitative estimate of drug-likeness (QED) is 0.731. The fourth-order valence-electron chi connectivity index (χ4n) is 6.41. The molecule has 6 heteroatoms. The second-order valence-corrected chi connectivity index (χ2v) is 10.1. The SMILES string of the molecule is CCNC(=O)[C@]1(Cc2ccccc2-c2cncnc2)CCCN(C(=O)C2[C@H]3CCCC[C@H]23)C1. The lowest BCUT2D eigenvalue weighted by Crippen LogP contribution is -2.55. The third-order valence-electron chi connectivity index (χ3n) is 8.07. The summed E-state index contributed by atoms with van der Waals surface area (Å²) in [6.45, 7) is 3.83. The zero-order chi connectivity index (χ0) is 22.8. The Labute approximate surface area is 196 Å². The Morgan fingerprint density at radius 3 is 2.55 bits per heavy atom. The van der Waals surface area contributed by atoms with Crippen molar-refractivity contribution >= 4 is 11.8 Å². The van der Waals surface area contributed by atoms with Crippen LogP contribution < -0.4 is 5.32 Å². The van der Waals surface area contributed by atoms with Crippen molar-refractivity contribution in [1.29, 1.82) is 0 Å². The molecule has 1 aromatic heterocycles. The van der Waals surface area contributed by atoms with Crippen LogP contribution in [-0.4, -0.2) is 46.3 Å². The highest BCUT2D eigenvalue weighted by molar-refractivity contribution is 5.87. The van der Waals surface area contributed by atoms with E-state index in [0.29, 0.717) is 37.3 Å². The smallest absolute Gasteiger partial charge is 0.228 e. The van der Waals surface area contributed by atoms with Crippen molar-refractivity contribution in [1.82, 2.24) is 20.2 Å². The average Bonchev–Trinajstić information content (AvgIpc) is 3.59. The van der Waals surface area contributed by atoms with E-state index in [1.807, 2.05) is 36.4 Å². The van der Waals surface area contributed by atoms with Crippen LogP contribution in [0.3, 0.4) is 0 Å². The summed E-state index contributed by atoms with van der Waals surface area (Å²) in [6, 6.07) is 8.20. The summed E-state index contributed by atoms with van der Waals surface area (Å²) in [5, 5.41) is 3.09. The summed E-state index contributed by atoms with van der Waals surface area (Å²) in [6.07, 6.45) is 12.3. The van der Waals surface area contributed by atoms with E-state index in [1.54, 1.807) is 0 Å². The van der Waals surface area contributed by atoms with Crippen LogP contribution in [0.4, 0.5) is 0 Å². The molecule has 2 saturated carbocycles. The lowest BCUT2D eigenvalue weighted by Gasteiger charge is -2.42. The molecular weight excluding hydrogens is 412 g/mol. The van der Waals surface area contributed by atoms with Gasteiger partial charge in [-0.1, -0.05) is 37.1 Å². The molecule has 3 aliphatic rings. The standard InChI is InChI=1S/C27H34N4O2/c1-2-30-26(33)27(14-19-8-3-4-9-21(19)20-15-28-18-29-16-20)12-7-13-31(17-27)25(32)24-22-10-5-6-11-23(22)24/h3-4,8-9,15-16,18,22-24H,2,5-7,10-14,17H2,1H3,(H,30,33)/t22-,23-,27-/m0/s1. The van der Waals surface area contributed by atoms with Gasteiger partial charge in [0.25, 0.3) is 0 Å². The van der Waals surface area contributed by atoms with E-state index in [-0.39, 0.29) is 11.8 Å². The number of likely N-dealkylation sites (tertiary alicyclic amines) is 1. The van der Waals surface area contributed by atoms with Gasteiger partial charge >= 0.3 is 0 Å². The van der Waals surface area contributed by atoms with Crippen LogP contribution in [0.2, 0.25) is 0 Å². The van der Waals surface area contributed by atoms with Gasteiger partial charge in [-0.15, -0.1) is 0 Å². The molecule has 1 aliphatic heterocycles. The molecule has 0 spiro atoms. The topological polar surface area (TPSA) is 75.2 Å². The minimum atomic E-state index is -0.615. The predicted octanol–water partition coefficient (Wildman–Crippen LogP) is 3.87. The molecule has 174 valence electrons. The van der Waals surface area contributed by atoms with Crippen LogP contribution in [0.5, 0.6) is 0 Å². The number of hydrogen-bond donors (Lipinski definition) is 1. The monoisotopic (exact) mass is 446 g/mol. The van der Waals surface area contributed by atoms with E-state index in [1.165, 1.54) is 32.0 Å². The Morgan fingerprint density at radius 1 is 1.09 bits per heavy atom. The molecule has 0 unspecified atom stereocenters. The van der Waals surface area contributed by atoms with Gasteiger partial charge in [-0.2, -0.15) is 0 Å². The van der Waals surface area contributed by atoms with Crippen LogP contribution in [0, 0.1) is 23.2 Å². The highest BCUT2D eigenvalue weighted by Crippen LogP contribution is 2.56. The number of piperidine rings is 1. The van der Waals surface area contributed by atoms with Crippen LogP contribution in [0.25, 0.3) is 11.1 Å². The van der Waals surface area contributed by atoms with E-state index in [2.05, 4.69) is 27.4 Å². The van der Waals surface area contributed by atoms with Gasteiger partial charge in [-0.25, -0.2) is 9.97 Å². The van der Waals surface area contributed by atoms with Crippen molar-refractivity contribution in [3.05, 3.63) is 48.5 Å². The minimum absolute atomic E-state index is 0.0647. The van der Waals surface area contributed by atoms with Gasteiger partial charge in [0, 0.05) is 43.5 Å². The normalized spacial score (nSPS) is 28.6. The third-order valence-corrected chi connectivity index (χ3v) is 8.07. The highest BCUT2D eigenvalue weighted by Gasteiger charge is 2.57. The van der Waals surface area contributed by atoms with Crippen molar-refractivity contribution in [3.63, 3.8) is 0 Å². The van der Waals surface area contributed by atoms with Gasteiger partial charge in [-0.05, 0) is 62.0 Å². The van der Waals surface area contributed by atoms with E-state index in [9.17, 15) is 9.59 Å². The molecule has 1 saturated heterocycles. The number of carbonyl (C=O) groups is 2. The average molecular weight is 447 g/mol. The van der Waals surface area contributed by atoms with Gasteiger partial charge in [0.1, 0.15) is 6.33 Å². The largest absolute Gasteiger partial charge is 0.356 e. The summed E-state index contributed by atoms with van der Waals surface area (Å²) in [7, 11) is 0. The van der Waals surface area contributed by atoms with Crippen LogP contribution >= 0.6 is 0 Å². The number of hydrogen-bond acceptors (Lipinski definition) is 4. The van der Waals surface area contributed by atoms with Crippen LogP contribution in [0.1, 0.15) is 51.0 Å². The highest BCUT2D eigenvalue weighted by atomic mass is 16.2. The number of nitrogens with one attached hydrogen (secondary N) is 1. The van der Waals surface area contributed by atoms with E-state index in [0.717, 1.165) is 36.1 Å². The molecule has 0 bridgehead atoms. The van der Waals surface area contributed by atoms with Crippen molar-refractivity contribution in [2.45, 2.75) is 51.9 Å². The number of fused-ring (bicyclic) bond motifs is 1. The van der Waals surface area contributed by atoms with Gasteiger partial charge < -0.3 is 10.2 Å². The first-order valence-electron chi connectivity index (χ1n) is 12.5. The summed E-state index contributed by atoms with van der Waals surface area (Å²) in [5.74, 6) is 1.74. The molecule has 0 radical (unpaired) electrons. The molecule has 2 aromatic rings. The molecule has 1 aromatic carbocycles. The number of amides is 2. The Balaban J connectivity index is 1.42. The van der Waals surface area contributed by atoms with Gasteiger partial charge in [-0.3, -0.25) is 9.59 Å². The maximum absolute atomic E-state index is 13.5. The predicted molar refractivity (Wildman–Crippen MR) is 127 cm³/mol. The van der Waals surface area contributed by atoms with Gasteiger partial charge in [0.05, 0.1) is 5.41 Å². The Morgan fingerprint density at radius 2 is 1.82 bits per heavy atom. The fourth-order valence-corrected chi connectivity index (χ4v) is 6.41. The maximum Gasteiger partial charge on any atom is 0.228 e. The number of carbonyl (C=O) groups excluding carboxylic acids is 2. The third kappa shape index (κ3) is 4.28. The molecule has 5 rings (SSSR count). The lowest BCUT2D eigenvalue weighted by molar-refractivity contribution is -0.142. The molecule has 6 nitrogen and oxygen atoms in total. The maximum atomic E-state index is 13.5. The van der Waals surface area contributed by atoms with Crippen molar-refractivity contribution in [2.75, 3.05) is 19.6 Å². The molecule has 3 fully saturated rings. The first-order valence-corrected chi connectivity index (χ1v) is 12.5. The first kappa shape index (κ1) is 22.1. The summed E-state index contributed by atoms with van der Waals surface area (Å²) in [4.78, 5) is 37.4. The van der Waals surface area contributed by atoms with E-state index < -0.39 is 5.41 Å². The van der Waals surface area contributed by atoms with Gasteiger partial charge in [0.15, 0.2) is 0 Å². The molecular formula is C27H34N4O2. The zero-order valence-electron chi connectivity index (χ0n) is 19.5. The summed E-state index contributed by atoms with van der Waals surface area (Å²) >= 11 is 0. The van der Waals surface area contributed by atoms with Crippen molar-refractivity contribution in [3.8, 4) is 11.1 Å². The number of aromatic nitrogens is 2. The summed E-state index contributed by atoms with van der Waals surface area (Å²) in [5.41, 5.74) is 2.49. The number of nitrogens with zero attached hydrogens (tertiary/aromatic N) is 3. The summed E-state index contributed by atoms with van der Waals surface area (Å²) < 4.78 is 0.